The summed E-state index contributed by atoms with van der Waals surface area (Å²) in [7, 11) is 0. The topological polar surface area (TPSA) is 40.5 Å². The SMILES string of the molecule is CCCCCCC(C)(C)c1ccc(C2CCC[C@@H](O)C2)c(O)c1. The lowest BCUT2D eigenvalue weighted by atomic mass is 9.77. The standard InChI is InChI=1S/C21H34O2/c1-4-5-6-7-13-21(2,3)17-11-12-19(20(23)15-17)16-9-8-10-18(22)14-16/h11-12,15-16,18,22-23H,4-10,13-14H2,1-3H3/t16?,18-/m1/s1. The van der Waals surface area contributed by atoms with E-state index in [1.807, 2.05) is 6.07 Å². The molecule has 0 saturated heterocycles. The third kappa shape index (κ3) is 4.97. The normalized spacial score (nSPS) is 22.3. The molecule has 0 amide bonds. The summed E-state index contributed by atoms with van der Waals surface area (Å²) >= 11 is 0. The van der Waals surface area contributed by atoms with Crippen LogP contribution >= 0.6 is 0 Å². The van der Waals surface area contributed by atoms with E-state index in [0.717, 1.165) is 37.7 Å². The molecule has 1 aliphatic rings. The van der Waals surface area contributed by atoms with Crippen LogP contribution < -0.4 is 0 Å². The first-order valence-electron chi connectivity index (χ1n) is 9.45. The highest BCUT2D eigenvalue weighted by molar-refractivity contribution is 5.41. The van der Waals surface area contributed by atoms with E-state index in [0.29, 0.717) is 11.7 Å². The molecule has 1 saturated carbocycles. The summed E-state index contributed by atoms with van der Waals surface area (Å²) in [6.45, 7) is 6.79. The van der Waals surface area contributed by atoms with Crippen molar-refractivity contribution >= 4 is 0 Å². The number of phenolic OH excluding ortho intramolecular Hbond substituents is 1. The maximum absolute atomic E-state index is 10.5. The minimum absolute atomic E-state index is 0.107. The molecule has 2 heteroatoms. The van der Waals surface area contributed by atoms with Crippen molar-refractivity contribution in [1.29, 1.82) is 0 Å². The number of hydrogen-bond donors (Lipinski definition) is 2. The first-order valence-corrected chi connectivity index (χ1v) is 9.45. The van der Waals surface area contributed by atoms with Crippen LogP contribution in [0.4, 0.5) is 0 Å². The van der Waals surface area contributed by atoms with Crippen LogP contribution in [0.25, 0.3) is 0 Å². The van der Waals surface area contributed by atoms with Crippen molar-refractivity contribution in [2.45, 2.75) is 96.0 Å². The lowest BCUT2D eigenvalue weighted by Crippen LogP contribution is -2.19. The van der Waals surface area contributed by atoms with E-state index in [4.69, 9.17) is 0 Å². The highest BCUT2D eigenvalue weighted by atomic mass is 16.3. The molecule has 1 aliphatic carbocycles. The molecule has 2 rings (SSSR count). The molecule has 23 heavy (non-hydrogen) atoms. The van der Waals surface area contributed by atoms with Crippen molar-refractivity contribution in [3.8, 4) is 5.75 Å². The number of rotatable bonds is 7. The van der Waals surface area contributed by atoms with Gasteiger partial charge in [-0.15, -0.1) is 0 Å². The van der Waals surface area contributed by atoms with Crippen molar-refractivity contribution in [2.75, 3.05) is 0 Å². The molecule has 0 aliphatic heterocycles. The zero-order chi connectivity index (χ0) is 16.9. The van der Waals surface area contributed by atoms with Gasteiger partial charge in [0.25, 0.3) is 0 Å². The van der Waals surface area contributed by atoms with Gasteiger partial charge in [-0.1, -0.05) is 65.0 Å². The van der Waals surface area contributed by atoms with Crippen LogP contribution in [0.5, 0.6) is 5.75 Å². The summed E-state index contributed by atoms with van der Waals surface area (Å²) < 4.78 is 0. The molecule has 2 nitrogen and oxygen atoms in total. The average molecular weight is 319 g/mol. The quantitative estimate of drug-likeness (QED) is 0.637. The highest BCUT2D eigenvalue weighted by Gasteiger charge is 2.26. The summed E-state index contributed by atoms with van der Waals surface area (Å²) in [6, 6.07) is 6.26. The Hall–Kier alpha value is -1.02. The Kier molecular flexibility index (Phi) is 6.52. The van der Waals surface area contributed by atoms with E-state index >= 15 is 0 Å². The van der Waals surface area contributed by atoms with Crippen molar-refractivity contribution in [3.63, 3.8) is 0 Å². The van der Waals surface area contributed by atoms with E-state index in [1.165, 1.54) is 31.2 Å². The van der Waals surface area contributed by atoms with Gasteiger partial charge >= 0.3 is 0 Å². The fraction of sp³-hybridized carbons (Fsp3) is 0.714. The summed E-state index contributed by atoms with van der Waals surface area (Å²) in [5.74, 6) is 0.726. The molecular weight excluding hydrogens is 284 g/mol. The van der Waals surface area contributed by atoms with Gasteiger partial charge in [-0.2, -0.15) is 0 Å². The average Bonchev–Trinajstić information content (AvgIpc) is 2.51. The van der Waals surface area contributed by atoms with E-state index in [-0.39, 0.29) is 11.5 Å². The van der Waals surface area contributed by atoms with Crippen molar-refractivity contribution < 1.29 is 10.2 Å². The van der Waals surface area contributed by atoms with Gasteiger partial charge in [-0.05, 0) is 54.2 Å². The Labute approximate surface area is 141 Å². The van der Waals surface area contributed by atoms with E-state index in [9.17, 15) is 10.2 Å². The monoisotopic (exact) mass is 318 g/mol. The van der Waals surface area contributed by atoms with E-state index < -0.39 is 0 Å². The Balaban J connectivity index is 2.05. The summed E-state index contributed by atoms with van der Waals surface area (Å²) in [5, 5.41) is 20.4. The Morgan fingerprint density at radius 2 is 1.91 bits per heavy atom. The summed E-state index contributed by atoms with van der Waals surface area (Å²) in [5.41, 5.74) is 2.36. The molecule has 130 valence electrons. The zero-order valence-electron chi connectivity index (χ0n) is 15.1. The molecule has 1 aromatic rings. The maximum atomic E-state index is 10.5. The smallest absolute Gasteiger partial charge is 0.119 e. The van der Waals surface area contributed by atoms with Gasteiger partial charge in [-0.3, -0.25) is 0 Å². The number of phenols is 1. The predicted molar refractivity (Wildman–Crippen MR) is 97.1 cm³/mol. The number of unbranched alkanes of at least 4 members (excludes halogenated alkanes) is 3. The lowest BCUT2D eigenvalue weighted by Gasteiger charge is -2.29. The van der Waals surface area contributed by atoms with E-state index in [2.05, 4.69) is 32.9 Å². The largest absolute Gasteiger partial charge is 0.508 e. The Morgan fingerprint density at radius 3 is 2.57 bits per heavy atom. The van der Waals surface area contributed by atoms with Gasteiger partial charge in [0.15, 0.2) is 0 Å². The van der Waals surface area contributed by atoms with Crippen LogP contribution in [0.3, 0.4) is 0 Å². The predicted octanol–water partition coefficient (Wildman–Crippen LogP) is 5.66. The van der Waals surface area contributed by atoms with Crippen molar-refractivity contribution in [3.05, 3.63) is 29.3 Å². The van der Waals surface area contributed by atoms with Crippen LogP contribution in [0.15, 0.2) is 18.2 Å². The van der Waals surface area contributed by atoms with Crippen molar-refractivity contribution in [1.82, 2.24) is 0 Å². The summed E-state index contributed by atoms with van der Waals surface area (Å²) in [6.07, 6.45) is 9.89. The molecular formula is C21H34O2. The number of aliphatic hydroxyl groups is 1. The van der Waals surface area contributed by atoms with Crippen LogP contribution in [0, 0.1) is 0 Å². The first-order chi connectivity index (χ1) is 10.9. The van der Waals surface area contributed by atoms with Gasteiger partial charge in [0, 0.05) is 0 Å². The third-order valence-electron chi connectivity index (χ3n) is 5.55. The van der Waals surface area contributed by atoms with Crippen LogP contribution in [-0.2, 0) is 5.41 Å². The molecule has 0 aromatic heterocycles. The van der Waals surface area contributed by atoms with Gasteiger partial charge in [0.1, 0.15) is 5.75 Å². The molecule has 0 bridgehead atoms. The molecule has 2 N–H and O–H groups in total. The molecule has 1 aromatic carbocycles. The van der Waals surface area contributed by atoms with Crippen molar-refractivity contribution in [2.24, 2.45) is 0 Å². The van der Waals surface area contributed by atoms with Gasteiger partial charge in [0.05, 0.1) is 6.10 Å². The number of benzene rings is 1. The molecule has 1 fully saturated rings. The van der Waals surface area contributed by atoms with Crippen LogP contribution in [-0.4, -0.2) is 16.3 Å². The fourth-order valence-corrected chi connectivity index (χ4v) is 3.89. The minimum Gasteiger partial charge on any atom is -0.508 e. The minimum atomic E-state index is -0.206. The molecule has 0 heterocycles. The zero-order valence-corrected chi connectivity index (χ0v) is 15.1. The highest BCUT2D eigenvalue weighted by Crippen LogP contribution is 2.40. The lowest BCUT2D eigenvalue weighted by molar-refractivity contribution is 0.119. The van der Waals surface area contributed by atoms with Crippen LogP contribution in [0.1, 0.15) is 95.6 Å². The summed E-state index contributed by atoms with van der Waals surface area (Å²) in [4.78, 5) is 0. The Morgan fingerprint density at radius 1 is 1.13 bits per heavy atom. The number of aliphatic hydroxyl groups excluding tert-OH is 1. The second kappa shape index (κ2) is 8.19. The van der Waals surface area contributed by atoms with Gasteiger partial charge in [0.2, 0.25) is 0 Å². The van der Waals surface area contributed by atoms with Gasteiger partial charge in [-0.25, -0.2) is 0 Å². The first kappa shape index (κ1) is 18.3. The maximum Gasteiger partial charge on any atom is 0.119 e. The number of aromatic hydroxyl groups is 1. The number of hydrogen-bond acceptors (Lipinski definition) is 2. The Bertz CT molecular complexity index is 493. The fourth-order valence-electron chi connectivity index (χ4n) is 3.89. The molecule has 2 atom stereocenters. The second-order valence-corrected chi connectivity index (χ2v) is 7.99. The molecule has 0 radical (unpaired) electrons. The van der Waals surface area contributed by atoms with Gasteiger partial charge < -0.3 is 10.2 Å². The molecule has 1 unspecified atom stereocenters. The third-order valence-corrected chi connectivity index (χ3v) is 5.55. The van der Waals surface area contributed by atoms with Crippen LogP contribution in [0.2, 0.25) is 0 Å². The molecule has 0 spiro atoms. The second-order valence-electron chi connectivity index (χ2n) is 7.99. The van der Waals surface area contributed by atoms with E-state index in [1.54, 1.807) is 0 Å².